The maximum absolute atomic E-state index is 11.8. The number of benzene rings is 2. The Labute approximate surface area is 132 Å². The van der Waals surface area contributed by atoms with E-state index in [4.69, 9.17) is 10.5 Å². The van der Waals surface area contributed by atoms with E-state index in [1.807, 2.05) is 24.3 Å². The van der Waals surface area contributed by atoms with Crippen LogP contribution in [-0.2, 0) is 11.2 Å². The van der Waals surface area contributed by atoms with Crippen LogP contribution in [0.3, 0.4) is 0 Å². The molecule has 4 nitrogen and oxygen atoms in total. The van der Waals surface area contributed by atoms with Crippen LogP contribution in [0.5, 0.6) is 5.75 Å². The van der Waals surface area contributed by atoms with Crippen molar-refractivity contribution in [2.24, 2.45) is 0 Å². The van der Waals surface area contributed by atoms with Crippen LogP contribution >= 0.6 is 15.9 Å². The molecule has 0 bridgehead atoms. The van der Waals surface area contributed by atoms with Gasteiger partial charge >= 0.3 is 0 Å². The van der Waals surface area contributed by atoms with Gasteiger partial charge in [0.25, 0.3) is 0 Å². The number of carbonyl (C=O) groups is 1. The summed E-state index contributed by atoms with van der Waals surface area (Å²) in [4.78, 5) is 11.8. The number of hydrogen-bond acceptors (Lipinski definition) is 3. The lowest BCUT2D eigenvalue weighted by Gasteiger charge is -2.08. The zero-order valence-electron chi connectivity index (χ0n) is 11.5. The van der Waals surface area contributed by atoms with Crippen LogP contribution < -0.4 is 15.8 Å². The fraction of sp³-hybridized carbons (Fsp3) is 0.188. The Kier molecular flexibility index (Phi) is 5.63. The lowest BCUT2D eigenvalue weighted by molar-refractivity contribution is -0.120. The van der Waals surface area contributed by atoms with E-state index >= 15 is 0 Å². The molecule has 0 unspecified atom stereocenters. The second kappa shape index (κ2) is 7.69. The van der Waals surface area contributed by atoms with Gasteiger partial charge in [-0.25, -0.2) is 0 Å². The quantitative estimate of drug-likeness (QED) is 0.623. The van der Waals surface area contributed by atoms with Gasteiger partial charge in [0.15, 0.2) is 0 Å². The molecule has 0 aliphatic heterocycles. The largest absolute Gasteiger partial charge is 0.492 e. The highest BCUT2D eigenvalue weighted by atomic mass is 79.9. The molecule has 0 spiro atoms. The smallest absolute Gasteiger partial charge is 0.224 e. The predicted octanol–water partition coefficient (Wildman–Crippen LogP) is 2.77. The lowest BCUT2D eigenvalue weighted by Crippen LogP contribution is -2.29. The highest BCUT2D eigenvalue weighted by molar-refractivity contribution is 9.10. The number of amides is 1. The summed E-state index contributed by atoms with van der Waals surface area (Å²) >= 11 is 3.39. The molecule has 0 atom stereocenters. The van der Waals surface area contributed by atoms with Crippen molar-refractivity contribution in [3.63, 3.8) is 0 Å². The molecule has 1 amide bonds. The first-order valence-corrected chi connectivity index (χ1v) is 7.42. The molecule has 2 aromatic carbocycles. The average Bonchev–Trinajstić information content (AvgIpc) is 2.45. The van der Waals surface area contributed by atoms with Crippen molar-refractivity contribution >= 4 is 27.5 Å². The van der Waals surface area contributed by atoms with Crippen molar-refractivity contribution in [3.05, 3.63) is 58.6 Å². The number of rotatable bonds is 6. The Balaban J connectivity index is 1.68. The molecule has 21 heavy (non-hydrogen) atoms. The van der Waals surface area contributed by atoms with E-state index in [1.54, 1.807) is 24.3 Å². The first-order valence-electron chi connectivity index (χ1n) is 6.63. The van der Waals surface area contributed by atoms with E-state index in [-0.39, 0.29) is 5.91 Å². The van der Waals surface area contributed by atoms with Crippen molar-refractivity contribution in [3.8, 4) is 5.75 Å². The van der Waals surface area contributed by atoms with Gasteiger partial charge in [-0.05, 0) is 42.0 Å². The number of ether oxygens (including phenoxy) is 1. The molecular formula is C16H17BrN2O2. The van der Waals surface area contributed by atoms with Crippen molar-refractivity contribution in [2.45, 2.75) is 6.42 Å². The Morgan fingerprint density at radius 3 is 2.67 bits per heavy atom. The third-order valence-corrected chi connectivity index (χ3v) is 3.32. The van der Waals surface area contributed by atoms with Crippen LogP contribution in [-0.4, -0.2) is 19.1 Å². The maximum atomic E-state index is 11.8. The van der Waals surface area contributed by atoms with Gasteiger partial charge in [-0.15, -0.1) is 0 Å². The van der Waals surface area contributed by atoms with E-state index in [0.717, 1.165) is 15.8 Å². The first-order chi connectivity index (χ1) is 10.1. The van der Waals surface area contributed by atoms with E-state index in [2.05, 4.69) is 21.2 Å². The molecule has 0 saturated carbocycles. The monoisotopic (exact) mass is 348 g/mol. The van der Waals surface area contributed by atoms with Gasteiger partial charge in [-0.3, -0.25) is 4.79 Å². The van der Waals surface area contributed by atoms with Crippen molar-refractivity contribution in [2.75, 3.05) is 18.9 Å². The van der Waals surface area contributed by atoms with Crippen molar-refractivity contribution in [1.82, 2.24) is 5.32 Å². The number of carbonyl (C=O) groups excluding carboxylic acids is 1. The molecule has 0 saturated heterocycles. The standard InChI is InChI=1S/C16H17BrN2O2/c17-13-3-1-2-12(10-13)11-16(20)19-8-9-21-15-6-4-14(18)5-7-15/h1-7,10H,8-9,11,18H2,(H,19,20). The van der Waals surface area contributed by atoms with E-state index in [1.165, 1.54) is 0 Å². The fourth-order valence-corrected chi connectivity index (χ4v) is 2.26. The number of nitrogens with two attached hydrogens (primary N) is 1. The number of hydrogen-bond donors (Lipinski definition) is 2. The molecule has 0 aromatic heterocycles. The van der Waals surface area contributed by atoms with Crippen molar-refractivity contribution in [1.29, 1.82) is 0 Å². The summed E-state index contributed by atoms with van der Waals surface area (Å²) in [6.45, 7) is 0.894. The Hall–Kier alpha value is -2.01. The molecule has 0 fully saturated rings. The summed E-state index contributed by atoms with van der Waals surface area (Å²) in [5.74, 6) is 0.722. The molecule has 0 heterocycles. The van der Waals surface area contributed by atoms with Crippen LogP contribution in [0, 0.1) is 0 Å². The summed E-state index contributed by atoms with van der Waals surface area (Å²) in [6, 6.07) is 14.9. The van der Waals surface area contributed by atoms with Crippen LogP contribution in [0.15, 0.2) is 53.0 Å². The zero-order valence-corrected chi connectivity index (χ0v) is 13.1. The second-order valence-electron chi connectivity index (χ2n) is 4.57. The number of halogens is 1. The molecule has 0 aliphatic rings. The van der Waals surface area contributed by atoms with E-state index in [0.29, 0.717) is 25.3 Å². The highest BCUT2D eigenvalue weighted by Gasteiger charge is 2.03. The van der Waals surface area contributed by atoms with Gasteiger partial charge in [-0.2, -0.15) is 0 Å². The SMILES string of the molecule is Nc1ccc(OCCNC(=O)Cc2cccc(Br)c2)cc1. The van der Waals surface area contributed by atoms with E-state index in [9.17, 15) is 4.79 Å². The molecule has 0 aliphatic carbocycles. The minimum atomic E-state index is -0.0194. The third-order valence-electron chi connectivity index (χ3n) is 2.83. The molecule has 3 N–H and O–H groups in total. The summed E-state index contributed by atoms with van der Waals surface area (Å²) in [5.41, 5.74) is 7.26. The minimum absolute atomic E-state index is 0.0194. The fourth-order valence-electron chi connectivity index (χ4n) is 1.82. The van der Waals surface area contributed by atoms with Gasteiger partial charge in [0.2, 0.25) is 5.91 Å². The number of anilines is 1. The lowest BCUT2D eigenvalue weighted by atomic mass is 10.1. The summed E-state index contributed by atoms with van der Waals surface area (Å²) < 4.78 is 6.47. The Morgan fingerprint density at radius 2 is 1.95 bits per heavy atom. The average molecular weight is 349 g/mol. The number of nitrogen functional groups attached to an aromatic ring is 1. The molecule has 5 heteroatoms. The Bertz CT molecular complexity index is 599. The van der Waals surface area contributed by atoms with Crippen LogP contribution in [0.25, 0.3) is 0 Å². The maximum Gasteiger partial charge on any atom is 0.224 e. The zero-order chi connectivity index (χ0) is 15.1. The molecule has 2 aromatic rings. The molecule has 2 rings (SSSR count). The topological polar surface area (TPSA) is 64.3 Å². The van der Waals surface area contributed by atoms with E-state index < -0.39 is 0 Å². The molecule has 110 valence electrons. The summed E-state index contributed by atoms with van der Waals surface area (Å²) in [7, 11) is 0. The van der Waals surface area contributed by atoms with Crippen LogP contribution in [0.2, 0.25) is 0 Å². The summed E-state index contributed by atoms with van der Waals surface area (Å²) in [5, 5.41) is 2.83. The third kappa shape index (κ3) is 5.47. The van der Waals surface area contributed by atoms with Crippen LogP contribution in [0.4, 0.5) is 5.69 Å². The van der Waals surface area contributed by atoms with Gasteiger partial charge < -0.3 is 15.8 Å². The van der Waals surface area contributed by atoms with Crippen molar-refractivity contribution < 1.29 is 9.53 Å². The van der Waals surface area contributed by atoms with Gasteiger partial charge in [0.1, 0.15) is 12.4 Å². The number of nitrogens with one attached hydrogen (secondary N) is 1. The van der Waals surface area contributed by atoms with Gasteiger partial charge in [-0.1, -0.05) is 28.1 Å². The minimum Gasteiger partial charge on any atom is -0.492 e. The summed E-state index contributed by atoms with van der Waals surface area (Å²) in [6.07, 6.45) is 0.362. The molecular weight excluding hydrogens is 332 g/mol. The Morgan fingerprint density at radius 1 is 1.19 bits per heavy atom. The predicted molar refractivity (Wildman–Crippen MR) is 87.2 cm³/mol. The van der Waals surface area contributed by atoms with Crippen LogP contribution in [0.1, 0.15) is 5.56 Å². The normalized spacial score (nSPS) is 10.1. The first kappa shape index (κ1) is 15.4. The second-order valence-corrected chi connectivity index (χ2v) is 5.49. The van der Waals surface area contributed by atoms with Gasteiger partial charge in [0.05, 0.1) is 13.0 Å². The van der Waals surface area contributed by atoms with Gasteiger partial charge in [0, 0.05) is 10.2 Å². The highest BCUT2D eigenvalue weighted by Crippen LogP contribution is 2.13. The molecule has 0 radical (unpaired) electrons.